The fraction of sp³-hybridized carbons (Fsp3) is 0.444. The molecule has 1 fully saturated rings. The molecule has 2 aliphatic heterocycles. The van der Waals surface area contributed by atoms with Crippen LogP contribution in [0.3, 0.4) is 0 Å². The number of benzene rings is 1. The highest BCUT2D eigenvalue weighted by Gasteiger charge is 2.26. The summed E-state index contributed by atoms with van der Waals surface area (Å²) >= 11 is 6.34. The van der Waals surface area contributed by atoms with Crippen molar-refractivity contribution in [3.8, 4) is 5.75 Å². The summed E-state index contributed by atoms with van der Waals surface area (Å²) < 4.78 is 32.4. The predicted molar refractivity (Wildman–Crippen MR) is 94.7 cm³/mol. The van der Waals surface area contributed by atoms with Crippen LogP contribution in [0.5, 0.6) is 5.75 Å². The highest BCUT2D eigenvalue weighted by Crippen LogP contribution is 2.29. The largest absolute Gasteiger partial charge is 0.487 e. The summed E-state index contributed by atoms with van der Waals surface area (Å²) in [6.45, 7) is 2.97. The molecule has 0 atom stereocenters. The molecule has 1 aromatic carbocycles. The molecular formula is C18H19ClF2N4O. The second kappa shape index (κ2) is 7.32. The van der Waals surface area contributed by atoms with E-state index < -0.39 is 11.6 Å². The minimum atomic E-state index is -0.676. The van der Waals surface area contributed by atoms with Crippen LogP contribution in [0.1, 0.15) is 24.2 Å². The van der Waals surface area contributed by atoms with E-state index in [9.17, 15) is 8.78 Å². The topological polar surface area (TPSA) is 50.3 Å². The van der Waals surface area contributed by atoms with E-state index in [1.165, 1.54) is 12.1 Å². The summed E-state index contributed by atoms with van der Waals surface area (Å²) in [5.74, 6) is -0.493. The van der Waals surface area contributed by atoms with Gasteiger partial charge in [-0.25, -0.2) is 18.7 Å². The molecule has 3 heterocycles. The van der Waals surface area contributed by atoms with Crippen molar-refractivity contribution in [1.82, 2.24) is 15.3 Å². The number of rotatable bonds is 3. The maximum absolute atomic E-state index is 13.7. The van der Waals surface area contributed by atoms with Crippen molar-refractivity contribution in [2.75, 3.05) is 24.5 Å². The molecule has 4 rings (SSSR count). The van der Waals surface area contributed by atoms with E-state index in [4.69, 9.17) is 21.3 Å². The summed E-state index contributed by atoms with van der Waals surface area (Å²) in [6, 6.07) is 3.36. The zero-order valence-electron chi connectivity index (χ0n) is 14.1. The van der Waals surface area contributed by atoms with Gasteiger partial charge in [0.1, 0.15) is 11.9 Å². The van der Waals surface area contributed by atoms with Crippen molar-refractivity contribution in [1.29, 1.82) is 0 Å². The molecule has 2 aliphatic rings. The van der Waals surface area contributed by atoms with Gasteiger partial charge < -0.3 is 15.0 Å². The molecule has 0 aliphatic carbocycles. The third-order valence-corrected chi connectivity index (χ3v) is 5.01. The number of fused-ring (bicyclic) bond motifs is 1. The van der Waals surface area contributed by atoms with E-state index in [0.29, 0.717) is 43.4 Å². The lowest BCUT2D eigenvalue weighted by molar-refractivity contribution is 0.163. The molecule has 0 unspecified atom stereocenters. The summed E-state index contributed by atoms with van der Waals surface area (Å²) in [4.78, 5) is 11.3. The molecule has 1 saturated heterocycles. The van der Waals surface area contributed by atoms with E-state index in [0.717, 1.165) is 30.4 Å². The Morgan fingerprint density at radius 2 is 1.96 bits per heavy atom. The Morgan fingerprint density at radius 1 is 1.15 bits per heavy atom. The summed E-state index contributed by atoms with van der Waals surface area (Å²) in [7, 11) is 0. The Morgan fingerprint density at radius 3 is 2.73 bits per heavy atom. The van der Waals surface area contributed by atoms with Crippen LogP contribution in [0.2, 0.25) is 5.15 Å². The standard InChI is InChI=1S/C18H19ClF2N4O/c19-17-18(24-14-3-6-22-10-15(14)23-17)25-7-4-12(5-8-25)26-16-2-1-11(20)9-13(16)21/h1-2,9,12,22H,3-8,10H2. The first-order valence-electron chi connectivity index (χ1n) is 8.73. The van der Waals surface area contributed by atoms with Gasteiger partial charge >= 0.3 is 0 Å². The molecule has 5 nitrogen and oxygen atoms in total. The van der Waals surface area contributed by atoms with E-state index in [-0.39, 0.29) is 11.9 Å². The van der Waals surface area contributed by atoms with Gasteiger partial charge in [-0.2, -0.15) is 0 Å². The SMILES string of the molecule is Fc1ccc(OC2CCN(c3nc4c(nc3Cl)CNCC4)CC2)c(F)c1. The normalized spacial score (nSPS) is 17.9. The molecule has 0 saturated carbocycles. The van der Waals surface area contributed by atoms with Gasteiger partial charge in [0.25, 0.3) is 0 Å². The third-order valence-electron chi connectivity index (χ3n) is 4.75. The number of anilines is 1. The lowest BCUT2D eigenvalue weighted by Gasteiger charge is -2.33. The number of hydrogen-bond acceptors (Lipinski definition) is 5. The second-order valence-corrected chi connectivity index (χ2v) is 6.90. The fourth-order valence-electron chi connectivity index (χ4n) is 3.36. The molecule has 1 N–H and O–H groups in total. The van der Waals surface area contributed by atoms with Crippen molar-refractivity contribution < 1.29 is 13.5 Å². The van der Waals surface area contributed by atoms with Gasteiger partial charge in [-0.1, -0.05) is 11.6 Å². The Bertz CT molecular complexity index is 812. The fourth-order valence-corrected chi connectivity index (χ4v) is 3.63. The average molecular weight is 381 g/mol. The van der Waals surface area contributed by atoms with Crippen LogP contribution < -0.4 is 15.0 Å². The van der Waals surface area contributed by atoms with E-state index >= 15 is 0 Å². The number of aromatic nitrogens is 2. The highest BCUT2D eigenvalue weighted by atomic mass is 35.5. The van der Waals surface area contributed by atoms with Crippen LogP contribution in [-0.2, 0) is 13.0 Å². The van der Waals surface area contributed by atoms with Crippen LogP contribution in [0.25, 0.3) is 0 Å². The third kappa shape index (κ3) is 3.59. The lowest BCUT2D eigenvalue weighted by atomic mass is 10.1. The Labute approximate surface area is 155 Å². The predicted octanol–water partition coefficient (Wildman–Crippen LogP) is 3.10. The van der Waals surface area contributed by atoms with E-state index in [1.54, 1.807) is 0 Å². The average Bonchev–Trinajstić information content (AvgIpc) is 2.64. The summed E-state index contributed by atoms with van der Waals surface area (Å²) in [5.41, 5.74) is 1.91. The number of nitrogens with zero attached hydrogens (tertiary/aromatic N) is 3. The smallest absolute Gasteiger partial charge is 0.171 e. The highest BCUT2D eigenvalue weighted by molar-refractivity contribution is 6.31. The molecule has 0 amide bonds. The molecule has 26 heavy (non-hydrogen) atoms. The zero-order valence-corrected chi connectivity index (χ0v) is 14.9. The van der Waals surface area contributed by atoms with Gasteiger partial charge in [0, 0.05) is 51.5 Å². The van der Waals surface area contributed by atoms with Crippen molar-refractivity contribution in [3.63, 3.8) is 0 Å². The Balaban J connectivity index is 1.42. The van der Waals surface area contributed by atoms with Gasteiger partial charge in [-0.3, -0.25) is 0 Å². The van der Waals surface area contributed by atoms with Gasteiger partial charge in [0.05, 0.1) is 11.4 Å². The van der Waals surface area contributed by atoms with Crippen LogP contribution in [-0.4, -0.2) is 35.7 Å². The molecular weight excluding hydrogens is 362 g/mol. The maximum Gasteiger partial charge on any atom is 0.171 e. The molecule has 0 spiro atoms. The van der Waals surface area contributed by atoms with Gasteiger partial charge in [-0.15, -0.1) is 0 Å². The van der Waals surface area contributed by atoms with Crippen molar-refractivity contribution in [3.05, 3.63) is 46.4 Å². The van der Waals surface area contributed by atoms with Crippen LogP contribution >= 0.6 is 11.6 Å². The quantitative estimate of drug-likeness (QED) is 0.886. The van der Waals surface area contributed by atoms with Gasteiger partial charge in [0.15, 0.2) is 22.5 Å². The molecule has 138 valence electrons. The van der Waals surface area contributed by atoms with Crippen LogP contribution in [0.4, 0.5) is 14.6 Å². The number of nitrogens with one attached hydrogen (secondary N) is 1. The van der Waals surface area contributed by atoms with Gasteiger partial charge in [-0.05, 0) is 12.1 Å². The van der Waals surface area contributed by atoms with E-state index in [1.807, 2.05) is 0 Å². The van der Waals surface area contributed by atoms with Gasteiger partial charge in [0.2, 0.25) is 0 Å². The monoisotopic (exact) mass is 380 g/mol. The van der Waals surface area contributed by atoms with Crippen molar-refractivity contribution >= 4 is 17.4 Å². The minimum Gasteiger partial charge on any atom is -0.487 e. The number of hydrogen-bond donors (Lipinski definition) is 1. The van der Waals surface area contributed by atoms with Crippen LogP contribution in [0, 0.1) is 11.6 Å². The first-order chi connectivity index (χ1) is 12.6. The second-order valence-electron chi connectivity index (χ2n) is 6.54. The zero-order chi connectivity index (χ0) is 18.1. The Hall–Kier alpha value is -1.99. The molecule has 1 aromatic heterocycles. The molecule has 8 heteroatoms. The molecule has 0 bridgehead atoms. The lowest BCUT2D eigenvalue weighted by Crippen LogP contribution is -2.39. The van der Waals surface area contributed by atoms with E-state index in [2.05, 4.69) is 15.2 Å². The number of halogens is 3. The first-order valence-corrected chi connectivity index (χ1v) is 9.10. The van der Waals surface area contributed by atoms with Crippen molar-refractivity contribution in [2.24, 2.45) is 0 Å². The van der Waals surface area contributed by atoms with Crippen LogP contribution in [0.15, 0.2) is 18.2 Å². The maximum atomic E-state index is 13.7. The molecule has 2 aromatic rings. The Kier molecular flexibility index (Phi) is 4.91. The summed E-state index contributed by atoms with van der Waals surface area (Å²) in [5, 5.41) is 3.67. The van der Waals surface area contributed by atoms with Crippen molar-refractivity contribution in [2.45, 2.75) is 31.9 Å². The number of ether oxygens (including phenoxy) is 1. The number of piperidine rings is 1. The molecule has 0 radical (unpaired) electrons. The first kappa shape index (κ1) is 17.4. The minimum absolute atomic E-state index is 0.0870. The summed E-state index contributed by atoms with van der Waals surface area (Å²) in [6.07, 6.45) is 2.12.